The molecule has 0 spiro atoms. The highest BCUT2D eigenvalue weighted by Crippen LogP contribution is 2.19. The van der Waals surface area contributed by atoms with E-state index in [1.165, 1.54) is 0 Å². The molecule has 3 heterocycles. The number of aromatic amines is 1. The maximum Gasteiger partial charge on any atom is 0.254 e. The lowest BCUT2D eigenvalue weighted by atomic mass is 10.2. The van der Waals surface area contributed by atoms with Gasteiger partial charge in [0, 0.05) is 30.8 Å². The molecule has 1 N–H and O–H groups in total. The second-order valence-electron chi connectivity index (χ2n) is 5.58. The zero-order chi connectivity index (χ0) is 15.6. The molecule has 1 aliphatic rings. The smallest absolute Gasteiger partial charge is 0.254 e. The molecule has 4 rings (SSSR count). The first-order chi connectivity index (χ1) is 11.3. The number of H-pyrrole nitrogens is 1. The molecule has 2 aromatic heterocycles. The summed E-state index contributed by atoms with van der Waals surface area (Å²) in [6, 6.07) is 11.1. The minimum absolute atomic E-state index is 0.00950. The van der Waals surface area contributed by atoms with E-state index in [2.05, 4.69) is 15.0 Å². The van der Waals surface area contributed by atoms with Crippen molar-refractivity contribution in [1.29, 1.82) is 0 Å². The summed E-state index contributed by atoms with van der Waals surface area (Å²) in [6.45, 7) is 1.27. The predicted molar refractivity (Wildman–Crippen MR) is 85.3 cm³/mol. The standard InChI is InChI=1S/C17H16N4O2/c22-17(12-4-5-14-15(9-12)20-11-19-14)21-8-6-13(10-21)23-16-3-1-2-7-18-16/h1-5,7,9,11,13H,6,8,10H2,(H,19,20). The lowest BCUT2D eigenvalue weighted by Gasteiger charge is -2.17. The summed E-state index contributed by atoms with van der Waals surface area (Å²) in [5.74, 6) is 0.624. The van der Waals surface area contributed by atoms with Gasteiger partial charge in [0.25, 0.3) is 5.91 Å². The number of hydrogen-bond donors (Lipinski definition) is 1. The molecule has 1 aromatic carbocycles. The molecule has 116 valence electrons. The summed E-state index contributed by atoms with van der Waals surface area (Å²) in [4.78, 5) is 25.8. The average Bonchev–Trinajstić information content (AvgIpc) is 3.23. The number of pyridine rings is 1. The Bertz CT molecular complexity index is 831. The summed E-state index contributed by atoms with van der Waals surface area (Å²) in [6.07, 6.45) is 4.14. The Labute approximate surface area is 133 Å². The molecule has 0 saturated carbocycles. The van der Waals surface area contributed by atoms with Gasteiger partial charge in [-0.15, -0.1) is 0 Å². The summed E-state index contributed by atoms with van der Waals surface area (Å²) in [5.41, 5.74) is 2.40. The van der Waals surface area contributed by atoms with E-state index in [-0.39, 0.29) is 12.0 Å². The first kappa shape index (κ1) is 13.8. The number of benzene rings is 1. The van der Waals surface area contributed by atoms with Crippen LogP contribution in [0.3, 0.4) is 0 Å². The number of nitrogens with one attached hydrogen (secondary N) is 1. The molecule has 1 saturated heterocycles. The summed E-state index contributed by atoms with van der Waals surface area (Å²) < 4.78 is 5.83. The number of rotatable bonds is 3. The maximum absolute atomic E-state index is 12.6. The van der Waals surface area contributed by atoms with Crippen molar-refractivity contribution in [1.82, 2.24) is 19.9 Å². The van der Waals surface area contributed by atoms with E-state index < -0.39 is 0 Å². The van der Waals surface area contributed by atoms with E-state index >= 15 is 0 Å². The number of carbonyl (C=O) groups is 1. The molecule has 1 aliphatic heterocycles. The molecule has 0 radical (unpaired) electrons. The molecule has 23 heavy (non-hydrogen) atoms. The summed E-state index contributed by atoms with van der Waals surface area (Å²) >= 11 is 0. The fraction of sp³-hybridized carbons (Fsp3) is 0.235. The third-order valence-electron chi connectivity index (χ3n) is 4.02. The number of ether oxygens (including phenoxy) is 1. The van der Waals surface area contributed by atoms with Crippen LogP contribution in [0.15, 0.2) is 48.9 Å². The van der Waals surface area contributed by atoms with Gasteiger partial charge in [-0.1, -0.05) is 6.07 Å². The van der Waals surface area contributed by atoms with Crippen molar-refractivity contribution >= 4 is 16.9 Å². The van der Waals surface area contributed by atoms with Gasteiger partial charge in [-0.05, 0) is 24.3 Å². The van der Waals surface area contributed by atoms with E-state index in [1.807, 2.05) is 41.3 Å². The van der Waals surface area contributed by atoms with Gasteiger partial charge in [-0.3, -0.25) is 4.79 Å². The highest BCUT2D eigenvalue weighted by molar-refractivity contribution is 5.97. The largest absolute Gasteiger partial charge is 0.472 e. The van der Waals surface area contributed by atoms with Gasteiger partial charge in [-0.25, -0.2) is 9.97 Å². The van der Waals surface area contributed by atoms with Crippen molar-refractivity contribution in [3.05, 3.63) is 54.5 Å². The summed E-state index contributed by atoms with van der Waals surface area (Å²) in [7, 11) is 0. The lowest BCUT2D eigenvalue weighted by molar-refractivity contribution is 0.0771. The van der Waals surface area contributed by atoms with Gasteiger partial charge in [0.1, 0.15) is 6.10 Å². The Morgan fingerprint density at radius 1 is 1.26 bits per heavy atom. The number of amides is 1. The van der Waals surface area contributed by atoms with Gasteiger partial charge in [-0.2, -0.15) is 0 Å². The number of imidazole rings is 1. The predicted octanol–water partition coefficient (Wildman–Crippen LogP) is 2.25. The monoisotopic (exact) mass is 308 g/mol. The fourth-order valence-corrected chi connectivity index (χ4v) is 2.85. The van der Waals surface area contributed by atoms with Crippen molar-refractivity contribution in [2.24, 2.45) is 0 Å². The van der Waals surface area contributed by atoms with Crippen LogP contribution in [0.5, 0.6) is 5.88 Å². The normalized spacial score (nSPS) is 17.6. The number of fused-ring (bicyclic) bond motifs is 1. The fourth-order valence-electron chi connectivity index (χ4n) is 2.85. The van der Waals surface area contributed by atoms with Crippen LogP contribution >= 0.6 is 0 Å². The van der Waals surface area contributed by atoms with Gasteiger partial charge < -0.3 is 14.6 Å². The number of hydrogen-bond acceptors (Lipinski definition) is 4. The zero-order valence-corrected chi connectivity index (χ0v) is 12.5. The number of likely N-dealkylation sites (tertiary alicyclic amines) is 1. The van der Waals surface area contributed by atoms with Crippen LogP contribution in [-0.4, -0.2) is 45.0 Å². The van der Waals surface area contributed by atoms with E-state index in [1.54, 1.807) is 12.5 Å². The molecule has 0 bridgehead atoms. The second-order valence-corrected chi connectivity index (χ2v) is 5.58. The minimum Gasteiger partial charge on any atom is -0.472 e. The number of carbonyl (C=O) groups excluding carboxylic acids is 1. The lowest BCUT2D eigenvalue weighted by Crippen LogP contribution is -2.31. The third kappa shape index (κ3) is 2.75. The Kier molecular flexibility index (Phi) is 3.42. The van der Waals surface area contributed by atoms with E-state index in [0.717, 1.165) is 17.5 Å². The SMILES string of the molecule is O=C(c1ccc2nc[nH]c2c1)N1CCC(Oc2ccccn2)C1. The van der Waals surface area contributed by atoms with Gasteiger partial charge >= 0.3 is 0 Å². The molecule has 1 amide bonds. The van der Waals surface area contributed by atoms with Crippen molar-refractivity contribution in [2.75, 3.05) is 13.1 Å². The molecule has 1 unspecified atom stereocenters. The van der Waals surface area contributed by atoms with E-state index in [0.29, 0.717) is 24.5 Å². The second kappa shape index (κ2) is 5.72. The van der Waals surface area contributed by atoms with Crippen LogP contribution in [0.4, 0.5) is 0 Å². The van der Waals surface area contributed by atoms with Crippen LogP contribution in [-0.2, 0) is 0 Å². The van der Waals surface area contributed by atoms with E-state index in [9.17, 15) is 4.79 Å². The molecule has 1 atom stereocenters. The highest BCUT2D eigenvalue weighted by atomic mass is 16.5. The molecular formula is C17H16N4O2. The van der Waals surface area contributed by atoms with E-state index in [4.69, 9.17) is 4.74 Å². The van der Waals surface area contributed by atoms with Crippen molar-refractivity contribution in [3.8, 4) is 5.88 Å². The maximum atomic E-state index is 12.6. The molecule has 0 aliphatic carbocycles. The first-order valence-electron chi connectivity index (χ1n) is 7.60. The van der Waals surface area contributed by atoms with Gasteiger partial charge in [0.05, 0.1) is 23.9 Å². The third-order valence-corrected chi connectivity index (χ3v) is 4.02. The van der Waals surface area contributed by atoms with Crippen LogP contribution in [0.25, 0.3) is 11.0 Å². The Balaban J connectivity index is 1.45. The topological polar surface area (TPSA) is 71.1 Å². The van der Waals surface area contributed by atoms with Crippen molar-refractivity contribution in [3.63, 3.8) is 0 Å². The molecule has 6 heteroatoms. The molecular weight excluding hydrogens is 292 g/mol. The Morgan fingerprint density at radius 2 is 2.22 bits per heavy atom. The first-order valence-corrected chi connectivity index (χ1v) is 7.60. The van der Waals surface area contributed by atoms with Crippen LogP contribution < -0.4 is 4.74 Å². The zero-order valence-electron chi connectivity index (χ0n) is 12.5. The molecule has 6 nitrogen and oxygen atoms in total. The van der Waals surface area contributed by atoms with Crippen LogP contribution in [0.1, 0.15) is 16.8 Å². The van der Waals surface area contributed by atoms with Gasteiger partial charge in [0.2, 0.25) is 5.88 Å². The van der Waals surface area contributed by atoms with Crippen LogP contribution in [0.2, 0.25) is 0 Å². The molecule has 3 aromatic rings. The number of nitrogens with zero attached hydrogens (tertiary/aromatic N) is 3. The quantitative estimate of drug-likeness (QED) is 0.805. The van der Waals surface area contributed by atoms with Gasteiger partial charge in [0.15, 0.2) is 0 Å². The van der Waals surface area contributed by atoms with Crippen molar-refractivity contribution in [2.45, 2.75) is 12.5 Å². The number of aromatic nitrogens is 3. The average molecular weight is 308 g/mol. The molecule has 1 fully saturated rings. The Morgan fingerprint density at radius 3 is 3.09 bits per heavy atom. The van der Waals surface area contributed by atoms with Crippen molar-refractivity contribution < 1.29 is 9.53 Å². The van der Waals surface area contributed by atoms with Crippen LogP contribution in [0, 0.1) is 0 Å². The summed E-state index contributed by atoms with van der Waals surface area (Å²) in [5, 5.41) is 0. The minimum atomic E-state index is -0.00950. The Hall–Kier alpha value is -2.89. The highest BCUT2D eigenvalue weighted by Gasteiger charge is 2.28.